The van der Waals surface area contributed by atoms with Crippen LogP contribution in [0.3, 0.4) is 0 Å². The molecule has 5 heterocycles. The van der Waals surface area contributed by atoms with Crippen molar-refractivity contribution in [1.82, 2.24) is 21.3 Å². The van der Waals surface area contributed by atoms with Crippen molar-refractivity contribution in [2.75, 3.05) is 54.9 Å². The molecular weight excluding hydrogens is 921 g/mol. The van der Waals surface area contributed by atoms with Crippen molar-refractivity contribution in [2.24, 2.45) is 0 Å². The van der Waals surface area contributed by atoms with Crippen molar-refractivity contribution in [1.29, 1.82) is 0 Å². The minimum atomic E-state index is -0.450. The Hall–Kier alpha value is -6.72. The van der Waals surface area contributed by atoms with Gasteiger partial charge >= 0.3 is 23.9 Å². The zero-order chi connectivity index (χ0) is 50.1. The number of benzene rings is 4. The number of carbonyl (C=O) groups excluding carboxylic acids is 4. The molecule has 16 heteroatoms. The van der Waals surface area contributed by atoms with E-state index in [1.54, 1.807) is 0 Å². The first-order chi connectivity index (χ1) is 35.1. The van der Waals surface area contributed by atoms with Crippen LogP contribution in [0.2, 0.25) is 0 Å². The second-order valence-electron chi connectivity index (χ2n) is 19.0. The van der Waals surface area contributed by atoms with E-state index in [0.717, 1.165) is 47.9 Å². The zero-order valence-electron chi connectivity index (χ0n) is 41.0. The van der Waals surface area contributed by atoms with Crippen LogP contribution in [0.1, 0.15) is 71.6 Å². The van der Waals surface area contributed by atoms with E-state index in [9.17, 15) is 19.2 Å². The lowest BCUT2D eigenvalue weighted by molar-refractivity contribution is -0.143. The molecule has 4 aromatic carbocycles. The second-order valence-corrected chi connectivity index (χ2v) is 19.0. The van der Waals surface area contributed by atoms with Crippen LogP contribution < -0.4 is 40.2 Å². The van der Waals surface area contributed by atoms with E-state index in [1.165, 1.54) is 28.4 Å². The first-order valence-electron chi connectivity index (χ1n) is 24.7. The van der Waals surface area contributed by atoms with Crippen molar-refractivity contribution >= 4 is 23.9 Å². The number of fused-ring (bicyclic) bond motifs is 8. The topological polar surface area (TPSA) is 190 Å². The van der Waals surface area contributed by atoms with Gasteiger partial charge in [-0.2, -0.15) is 0 Å². The molecule has 8 bridgehead atoms. The fourth-order valence-electron chi connectivity index (χ4n) is 11.5. The number of carbonyl (C=O) groups is 4. The van der Waals surface area contributed by atoms with Gasteiger partial charge in [0.2, 0.25) is 0 Å². The first kappa shape index (κ1) is 50.2. The molecule has 9 rings (SSSR count). The van der Waals surface area contributed by atoms with E-state index in [0.29, 0.717) is 23.0 Å². The number of rotatable bonds is 16. The van der Waals surface area contributed by atoms with Crippen LogP contribution in [0, 0.1) is 0 Å². The molecule has 5 aliphatic heterocycles. The van der Waals surface area contributed by atoms with Gasteiger partial charge in [-0.3, -0.25) is 0 Å². The van der Waals surface area contributed by atoms with Gasteiger partial charge in [-0.25, -0.2) is 19.2 Å². The minimum absolute atomic E-state index is 0.0105. The van der Waals surface area contributed by atoms with E-state index in [1.807, 2.05) is 48.5 Å². The molecular formula is C56H64N4O12. The third-order valence-corrected chi connectivity index (χ3v) is 14.9. The predicted molar refractivity (Wildman–Crippen MR) is 266 cm³/mol. The van der Waals surface area contributed by atoms with Gasteiger partial charge in [0, 0.05) is 72.0 Å². The molecule has 380 valence electrons. The Morgan fingerprint density at radius 3 is 0.750 bits per heavy atom. The molecule has 3 saturated heterocycles. The monoisotopic (exact) mass is 984 g/mol. The number of ether oxygens (including phenoxy) is 8. The SMILES string of the molecule is COC(=O)COc1ccc(C2C3C=CC(N3)C(c3ccc(OCC(=O)OC)cc3)C3CCC(N3)C(c3ccc(OCC(=O)OC)cc3)C3C=CC(N3)C(c3ccc(OCC(=O)OC)cc3)C3CCC2N3)cc1. The van der Waals surface area contributed by atoms with Gasteiger partial charge in [0.15, 0.2) is 26.4 Å². The fourth-order valence-corrected chi connectivity index (χ4v) is 11.5. The smallest absolute Gasteiger partial charge is 0.343 e. The Balaban J connectivity index is 1.09. The Kier molecular flexibility index (Phi) is 16.2. The van der Waals surface area contributed by atoms with Crippen LogP contribution in [-0.4, -0.2) is 127 Å². The second kappa shape index (κ2) is 23.2. The van der Waals surface area contributed by atoms with Crippen LogP contribution in [-0.2, 0) is 38.1 Å². The third-order valence-electron chi connectivity index (χ3n) is 14.9. The van der Waals surface area contributed by atoms with Crippen LogP contribution in [0.5, 0.6) is 23.0 Å². The highest BCUT2D eigenvalue weighted by Gasteiger charge is 2.47. The lowest BCUT2D eigenvalue weighted by Crippen LogP contribution is -2.52. The predicted octanol–water partition coefficient (Wildman–Crippen LogP) is 5.38. The van der Waals surface area contributed by atoms with E-state index < -0.39 is 23.9 Å². The molecule has 0 saturated carbocycles. The van der Waals surface area contributed by atoms with Gasteiger partial charge in [0.1, 0.15) is 23.0 Å². The summed E-state index contributed by atoms with van der Waals surface area (Å²) in [6.45, 7) is -0.721. The molecule has 0 amide bonds. The highest BCUT2D eigenvalue weighted by molar-refractivity contribution is 5.72. The average Bonchev–Trinajstić information content (AvgIpc) is 4.28. The Morgan fingerprint density at radius 2 is 0.556 bits per heavy atom. The molecule has 0 radical (unpaired) electrons. The highest BCUT2D eigenvalue weighted by atomic mass is 16.6. The van der Waals surface area contributed by atoms with Gasteiger partial charge in [-0.15, -0.1) is 0 Å². The van der Waals surface area contributed by atoms with Crippen LogP contribution >= 0.6 is 0 Å². The largest absolute Gasteiger partial charge is 0.482 e. The summed E-state index contributed by atoms with van der Waals surface area (Å²) < 4.78 is 42.4. The molecule has 4 aromatic rings. The van der Waals surface area contributed by atoms with Crippen molar-refractivity contribution in [2.45, 2.75) is 97.7 Å². The van der Waals surface area contributed by atoms with Gasteiger partial charge in [0.05, 0.1) is 28.4 Å². The fraction of sp³-hybridized carbons (Fsp3) is 0.429. The average molecular weight is 985 g/mol. The van der Waals surface area contributed by atoms with E-state index in [4.69, 9.17) is 37.9 Å². The molecule has 0 spiro atoms. The lowest BCUT2D eigenvalue weighted by Gasteiger charge is -2.38. The standard InChI is InChI=1S/C56H64N4O12/c1-65-49(61)29-69-37-13-5-33(6-14-37)53-41-21-23-43(57-41)54(34-7-15-38(16-8-34)70-30-50(62)66-2)45-25-27-47(59-45)56(36-11-19-40(20-12-36)72-32-52(64)68-4)48-28-26-46(60-48)55(44-24-22-42(53)58-44)35-9-17-39(18-10-35)71-31-51(63)67-3/h5-21,23,26,28,41-48,53-60H,22,24-25,27,29-32H2,1-4H3. The van der Waals surface area contributed by atoms with E-state index in [-0.39, 0.29) is 98.4 Å². The Labute approximate surface area is 420 Å². The summed E-state index contributed by atoms with van der Waals surface area (Å²) >= 11 is 0. The lowest BCUT2D eigenvalue weighted by atomic mass is 9.83. The Morgan fingerprint density at radius 1 is 0.347 bits per heavy atom. The Bertz CT molecular complexity index is 2210. The van der Waals surface area contributed by atoms with Gasteiger partial charge in [0.25, 0.3) is 0 Å². The molecule has 0 aromatic heterocycles. The van der Waals surface area contributed by atoms with Crippen LogP contribution in [0.4, 0.5) is 0 Å². The summed E-state index contributed by atoms with van der Waals surface area (Å²) in [5.74, 6) is 0.566. The van der Waals surface area contributed by atoms with E-state index in [2.05, 4.69) is 94.1 Å². The maximum atomic E-state index is 12.0. The summed E-state index contributed by atoms with van der Waals surface area (Å²) in [4.78, 5) is 47.8. The normalized spacial score (nSPS) is 28.2. The summed E-state index contributed by atoms with van der Waals surface area (Å²) in [6, 6.07) is 32.4. The van der Waals surface area contributed by atoms with Crippen molar-refractivity contribution < 1.29 is 57.1 Å². The number of esters is 4. The molecule has 4 N–H and O–H groups in total. The summed E-state index contributed by atoms with van der Waals surface area (Å²) in [5, 5.41) is 16.7. The maximum Gasteiger partial charge on any atom is 0.343 e. The van der Waals surface area contributed by atoms with Crippen LogP contribution in [0.25, 0.3) is 0 Å². The molecule has 72 heavy (non-hydrogen) atoms. The number of hydrogen-bond donors (Lipinski definition) is 4. The molecule has 3 fully saturated rings. The molecule has 12 atom stereocenters. The number of hydrogen-bond acceptors (Lipinski definition) is 16. The number of methoxy groups -OCH3 is 4. The number of nitrogens with one attached hydrogen (secondary N) is 4. The van der Waals surface area contributed by atoms with Gasteiger partial charge in [-0.05, 0) is 96.5 Å². The summed E-state index contributed by atoms with van der Waals surface area (Å²) in [6.07, 6.45) is 13.0. The zero-order valence-corrected chi connectivity index (χ0v) is 41.0. The van der Waals surface area contributed by atoms with Gasteiger partial charge in [-0.1, -0.05) is 72.8 Å². The highest BCUT2D eigenvalue weighted by Crippen LogP contribution is 2.44. The van der Waals surface area contributed by atoms with Crippen molar-refractivity contribution in [3.8, 4) is 23.0 Å². The van der Waals surface area contributed by atoms with Crippen molar-refractivity contribution in [3.05, 3.63) is 144 Å². The molecule has 0 aliphatic carbocycles. The first-order valence-corrected chi connectivity index (χ1v) is 24.7. The van der Waals surface area contributed by atoms with Crippen molar-refractivity contribution in [3.63, 3.8) is 0 Å². The van der Waals surface area contributed by atoms with Gasteiger partial charge < -0.3 is 59.2 Å². The third kappa shape index (κ3) is 11.6. The summed E-state index contributed by atoms with van der Waals surface area (Å²) in [5.41, 5.74) is 4.55. The quantitative estimate of drug-likeness (QED) is 0.0636. The van der Waals surface area contributed by atoms with E-state index >= 15 is 0 Å². The molecule has 5 aliphatic rings. The summed E-state index contributed by atoms with van der Waals surface area (Å²) in [7, 11) is 5.37. The maximum absolute atomic E-state index is 12.0. The van der Waals surface area contributed by atoms with Crippen LogP contribution in [0.15, 0.2) is 121 Å². The minimum Gasteiger partial charge on any atom is -0.482 e. The molecule has 16 nitrogen and oxygen atoms in total. The molecule has 12 unspecified atom stereocenters.